The maximum atomic E-state index is 6.13. The second-order valence-electron chi connectivity index (χ2n) is 5.38. The SMILES string of the molecule is CCC1CCCC2(C1)CC(NC)CCO2. The third-order valence-corrected chi connectivity index (χ3v) is 4.38. The summed E-state index contributed by atoms with van der Waals surface area (Å²) in [7, 11) is 2.09. The molecule has 2 heteroatoms. The Hall–Kier alpha value is -0.0800. The van der Waals surface area contributed by atoms with E-state index in [1.165, 1.54) is 44.9 Å². The van der Waals surface area contributed by atoms with Crippen LogP contribution >= 0.6 is 0 Å². The zero-order valence-corrected chi connectivity index (χ0v) is 10.2. The monoisotopic (exact) mass is 211 g/mol. The molecule has 1 spiro atoms. The summed E-state index contributed by atoms with van der Waals surface area (Å²) >= 11 is 0. The Morgan fingerprint density at radius 1 is 1.33 bits per heavy atom. The molecule has 2 aliphatic rings. The van der Waals surface area contributed by atoms with Crippen LogP contribution in [0.2, 0.25) is 0 Å². The molecule has 0 bridgehead atoms. The highest BCUT2D eigenvalue weighted by molar-refractivity contribution is 4.93. The summed E-state index contributed by atoms with van der Waals surface area (Å²) in [4.78, 5) is 0. The molecule has 0 aromatic heterocycles. The van der Waals surface area contributed by atoms with Gasteiger partial charge in [-0.2, -0.15) is 0 Å². The quantitative estimate of drug-likeness (QED) is 0.758. The molecule has 0 amide bonds. The second-order valence-corrected chi connectivity index (χ2v) is 5.38. The lowest BCUT2D eigenvalue weighted by atomic mass is 9.73. The minimum atomic E-state index is 0.241. The van der Waals surface area contributed by atoms with Crippen LogP contribution in [0.4, 0.5) is 0 Å². The Balaban J connectivity index is 1.98. The molecule has 15 heavy (non-hydrogen) atoms. The van der Waals surface area contributed by atoms with Crippen molar-refractivity contribution in [1.82, 2.24) is 5.32 Å². The maximum absolute atomic E-state index is 6.13. The lowest BCUT2D eigenvalue weighted by molar-refractivity contribution is -0.119. The summed E-state index contributed by atoms with van der Waals surface area (Å²) in [5.74, 6) is 0.911. The summed E-state index contributed by atoms with van der Waals surface area (Å²) in [6.07, 6.45) is 9.15. The Kier molecular flexibility index (Phi) is 3.68. The highest BCUT2D eigenvalue weighted by Crippen LogP contribution is 2.41. The van der Waals surface area contributed by atoms with Gasteiger partial charge in [-0.15, -0.1) is 0 Å². The minimum absolute atomic E-state index is 0.241. The smallest absolute Gasteiger partial charge is 0.0700 e. The summed E-state index contributed by atoms with van der Waals surface area (Å²) < 4.78 is 6.13. The lowest BCUT2D eigenvalue weighted by Gasteiger charge is -2.45. The average molecular weight is 211 g/mol. The molecule has 2 nitrogen and oxygen atoms in total. The van der Waals surface area contributed by atoms with Gasteiger partial charge in [-0.05, 0) is 38.6 Å². The van der Waals surface area contributed by atoms with Crippen molar-refractivity contribution in [3.05, 3.63) is 0 Å². The Morgan fingerprint density at radius 2 is 2.20 bits per heavy atom. The molecule has 0 radical (unpaired) electrons. The van der Waals surface area contributed by atoms with E-state index in [0.29, 0.717) is 6.04 Å². The van der Waals surface area contributed by atoms with Crippen molar-refractivity contribution >= 4 is 0 Å². The summed E-state index contributed by atoms with van der Waals surface area (Å²) in [5.41, 5.74) is 0.241. The minimum Gasteiger partial charge on any atom is -0.375 e. The van der Waals surface area contributed by atoms with E-state index in [-0.39, 0.29) is 5.60 Å². The Labute approximate surface area is 93.8 Å². The van der Waals surface area contributed by atoms with E-state index in [2.05, 4.69) is 19.3 Å². The first-order valence-corrected chi connectivity index (χ1v) is 6.59. The predicted octanol–water partition coefficient (Wildman–Crippen LogP) is 2.72. The zero-order chi connectivity index (χ0) is 10.7. The van der Waals surface area contributed by atoms with Crippen LogP contribution in [0.25, 0.3) is 0 Å². The summed E-state index contributed by atoms with van der Waals surface area (Å²) in [6, 6.07) is 0.689. The van der Waals surface area contributed by atoms with E-state index in [4.69, 9.17) is 4.74 Å². The molecule has 0 aromatic carbocycles. The van der Waals surface area contributed by atoms with Crippen molar-refractivity contribution in [3.8, 4) is 0 Å². The van der Waals surface area contributed by atoms with Crippen molar-refractivity contribution in [2.75, 3.05) is 13.7 Å². The third kappa shape index (κ3) is 2.54. The molecule has 1 saturated heterocycles. The molecule has 3 unspecified atom stereocenters. The summed E-state index contributed by atoms with van der Waals surface area (Å²) in [5, 5.41) is 3.43. The van der Waals surface area contributed by atoms with E-state index in [1.54, 1.807) is 0 Å². The van der Waals surface area contributed by atoms with Crippen LogP contribution in [-0.4, -0.2) is 25.3 Å². The maximum Gasteiger partial charge on any atom is 0.0700 e. The van der Waals surface area contributed by atoms with Gasteiger partial charge in [0.25, 0.3) is 0 Å². The number of nitrogens with one attached hydrogen (secondary N) is 1. The fourth-order valence-electron chi connectivity index (χ4n) is 3.38. The molecule has 1 N–H and O–H groups in total. The fourth-order valence-corrected chi connectivity index (χ4v) is 3.38. The topological polar surface area (TPSA) is 21.3 Å². The molecule has 1 aliphatic heterocycles. The molecule has 0 aromatic rings. The van der Waals surface area contributed by atoms with Gasteiger partial charge in [0.2, 0.25) is 0 Å². The van der Waals surface area contributed by atoms with E-state index in [1.807, 2.05) is 0 Å². The van der Waals surface area contributed by atoms with E-state index in [0.717, 1.165) is 12.5 Å². The highest BCUT2D eigenvalue weighted by atomic mass is 16.5. The van der Waals surface area contributed by atoms with Crippen LogP contribution in [0.5, 0.6) is 0 Å². The largest absolute Gasteiger partial charge is 0.375 e. The molecule has 3 atom stereocenters. The van der Waals surface area contributed by atoms with Crippen LogP contribution in [0, 0.1) is 5.92 Å². The van der Waals surface area contributed by atoms with Crippen molar-refractivity contribution in [3.63, 3.8) is 0 Å². The Morgan fingerprint density at radius 3 is 2.93 bits per heavy atom. The number of rotatable bonds is 2. The van der Waals surface area contributed by atoms with Gasteiger partial charge < -0.3 is 10.1 Å². The highest BCUT2D eigenvalue weighted by Gasteiger charge is 2.40. The van der Waals surface area contributed by atoms with Gasteiger partial charge in [-0.25, -0.2) is 0 Å². The van der Waals surface area contributed by atoms with Gasteiger partial charge in [0.05, 0.1) is 5.60 Å². The molecule has 1 saturated carbocycles. The first kappa shape index (κ1) is 11.4. The van der Waals surface area contributed by atoms with Gasteiger partial charge in [-0.3, -0.25) is 0 Å². The molecule has 2 rings (SSSR count). The van der Waals surface area contributed by atoms with E-state index >= 15 is 0 Å². The lowest BCUT2D eigenvalue weighted by Crippen LogP contribution is -2.48. The van der Waals surface area contributed by atoms with E-state index < -0.39 is 0 Å². The predicted molar refractivity (Wildman–Crippen MR) is 63.0 cm³/mol. The van der Waals surface area contributed by atoms with Crippen molar-refractivity contribution in [2.45, 2.75) is 63.5 Å². The standard InChI is InChI=1S/C13H25NO/c1-3-11-5-4-7-13(9-11)10-12(14-2)6-8-15-13/h11-12,14H,3-10H2,1-2H3. The molecule has 2 fully saturated rings. The van der Waals surface area contributed by atoms with Crippen LogP contribution < -0.4 is 5.32 Å². The average Bonchev–Trinajstić information content (AvgIpc) is 2.29. The number of hydrogen-bond donors (Lipinski definition) is 1. The van der Waals surface area contributed by atoms with Crippen LogP contribution in [-0.2, 0) is 4.74 Å². The molecule has 1 aliphatic carbocycles. The van der Waals surface area contributed by atoms with Gasteiger partial charge in [0.15, 0.2) is 0 Å². The van der Waals surface area contributed by atoms with Gasteiger partial charge in [0.1, 0.15) is 0 Å². The van der Waals surface area contributed by atoms with Gasteiger partial charge in [-0.1, -0.05) is 26.2 Å². The first-order chi connectivity index (χ1) is 7.28. The first-order valence-electron chi connectivity index (χ1n) is 6.59. The normalized spacial score (nSPS) is 42.0. The van der Waals surface area contributed by atoms with E-state index in [9.17, 15) is 0 Å². The number of ether oxygens (including phenoxy) is 1. The van der Waals surface area contributed by atoms with Crippen LogP contribution in [0.1, 0.15) is 51.9 Å². The fraction of sp³-hybridized carbons (Fsp3) is 1.00. The number of hydrogen-bond acceptors (Lipinski definition) is 2. The van der Waals surface area contributed by atoms with Crippen molar-refractivity contribution < 1.29 is 4.74 Å². The third-order valence-electron chi connectivity index (χ3n) is 4.38. The van der Waals surface area contributed by atoms with Gasteiger partial charge >= 0.3 is 0 Å². The summed E-state index contributed by atoms with van der Waals surface area (Å²) in [6.45, 7) is 3.28. The zero-order valence-electron chi connectivity index (χ0n) is 10.2. The van der Waals surface area contributed by atoms with Gasteiger partial charge in [0, 0.05) is 12.6 Å². The molecule has 1 heterocycles. The molecule has 88 valence electrons. The Bertz CT molecular complexity index is 183. The van der Waals surface area contributed by atoms with Crippen LogP contribution in [0.3, 0.4) is 0 Å². The second kappa shape index (κ2) is 4.84. The molecular weight excluding hydrogens is 186 g/mol. The van der Waals surface area contributed by atoms with Crippen molar-refractivity contribution in [1.29, 1.82) is 0 Å². The molecular formula is C13H25NO. The van der Waals surface area contributed by atoms with Crippen molar-refractivity contribution in [2.24, 2.45) is 5.92 Å². The van der Waals surface area contributed by atoms with Crippen LogP contribution in [0.15, 0.2) is 0 Å².